The van der Waals surface area contributed by atoms with Gasteiger partial charge in [-0.05, 0) is 0 Å². The van der Waals surface area contributed by atoms with Crippen molar-refractivity contribution in [1.29, 1.82) is 0 Å². The van der Waals surface area contributed by atoms with Crippen molar-refractivity contribution in [1.82, 2.24) is 0 Å². The Morgan fingerprint density at radius 3 is 2.30 bits per heavy atom. The molecule has 50 valence electrons. The van der Waals surface area contributed by atoms with E-state index in [1.165, 1.54) is 23.9 Å². The molecule has 10 heavy (non-hydrogen) atoms. The van der Waals surface area contributed by atoms with Crippen LogP contribution in [-0.2, 0) is 23.3 Å². The number of halogens is 2. The molecule has 0 amide bonds. The van der Waals surface area contributed by atoms with Crippen LogP contribution in [0.4, 0.5) is 0 Å². The van der Waals surface area contributed by atoms with Gasteiger partial charge in [0.05, 0.1) is 0 Å². The van der Waals surface area contributed by atoms with Gasteiger partial charge in [0.2, 0.25) is 0 Å². The first-order valence-corrected chi connectivity index (χ1v) is 5.35. The van der Waals surface area contributed by atoms with Crippen molar-refractivity contribution >= 4 is 11.6 Å². The Balaban J connectivity index is 0.000000810. The second-order valence-corrected chi connectivity index (χ2v) is 3.30. The summed E-state index contributed by atoms with van der Waals surface area (Å²) in [4.78, 5) is 0. The largest absolute Gasteiger partial charge is 1.00 e. The fourth-order valence-electron chi connectivity index (χ4n) is 0.701. The number of hydrogen-bond donors (Lipinski definition) is 0. The van der Waals surface area contributed by atoms with Gasteiger partial charge < -0.3 is 12.4 Å². The van der Waals surface area contributed by atoms with Crippen LogP contribution in [0.25, 0.3) is 0 Å². The van der Waals surface area contributed by atoms with Crippen molar-refractivity contribution in [2.45, 2.75) is 5.02 Å². The molecule has 0 atom stereocenters. The Labute approximate surface area is 82.1 Å². The SMILES string of the molecule is Clc1ccccc1[CH2][Zn+].[Cl-]. The van der Waals surface area contributed by atoms with Gasteiger partial charge in [-0.1, -0.05) is 0 Å². The third-order valence-electron chi connectivity index (χ3n) is 1.23. The van der Waals surface area contributed by atoms with Gasteiger partial charge >= 0.3 is 69.8 Å². The van der Waals surface area contributed by atoms with Gasteiger partial charge in [-0.25, -0.2) is 0 Å². The van der Waals surface area contributed by atoms with E-state index in [0.29, 0.717) is 0 Å². The molecular formula is C7H6Cl2Zn. The Kier molecular flexibility index (Phi) is 5.34. The molecule has 3 heteroatoms. The molecule has 1 rings (SSSR count). The van der Waals surface area contributed by atoms with Gasteiger partial charge in [-0.15, -0.1) is 0 Å². The average Bonchev–Trinajstić information content (AvgIpc) is 1.89. The molecule has 0 saturated carbocycles. The molecule has 0 fully saturated rings. The summed E-state index contributed by atoms with van der Waals surface area (Å²) in [5, 5.41) is 2.04. The topological polar surface area (TPSA) is 0 Å². The molecule has 0 heterocycles. The van der Waals surface area contributed by atoms with E-state index in [1.807, 2.05) is 18.2 Å². The van der Waals surface area contributed by atoms with Crippen molar-refractivity contribution in [3.63, 3.8) is 0 Å². The quantitative estimate of drug-likeness (QED) is 0.561. The molecule has 0 aliphatic rings. The maximum atomic E-state index is 5.84. The van der Waals surface area contributed by atoms with Gasteiger partial charge in [-0.2, -0.15) is 0 Å². The molecule has 0 aliphatic heterocycles. The first kappa shape index (κ1) is 10.4. The van der Waals surface area contributed by atoms with Gasteiger partial charge in [0.25, 0.3) is 0 Å². The smallest absolute Gasteiger partial charge is 1.00 e. The van der Waals surface area contributed by atoms with Crippen LogP contribution in [-0.4, -0.2) is 0 Å². The van der Waals surface area contributed by atoms with Gasteiger partial charge in [-0.3, -0.25) is 0 Å². The van der Waals surface area contributed by atoms with Crippen molar-refractivity contribution < 1.29 is 30.7 Å². The summed E-state index contributed by atoms with van der Waals surface area (Å²) < 4.78 is 0. The minimum Gasteiger partial charge on any atom is -1.00 e. The molecule has 0 unspecified atom stereocenters. The molecule has 1 aromatic rings. The van der Waals surface area contributed by atoms with Gasteiger partial charge in [0.15, 0.2) is 0 Å². The zero-order valence-electron chi connectivity index (χ0n) is 5.48. The second kappa shape index (κ2) is 5.12. The molecule has 0 aromatic heterocycles. The summed E-state index contributed by atoms with van der Waals surface area (Å²) in [6.07, 6.45) is 0. The molecule has 0 saturated heterocycles. The summed E-state index contributed by atoms with van der Waals surface area (Å²) in [5.74, 6) is 0. The van der Waals surface area contributed by atoms with E-state index in [2.05, 4.69) is 6.07 Å². The predicted octanol–water partition coefficient (Wildman–Crippen LogP) is -0.609. The third-order valence-corrected chi connectivity index (χ3v) is 2.73. The Morgan fingerprint density at radius 1 is 1.30 bits per heavy atom. The number of hydrogen-bond acceptors (Lipinski definition) is 0. The normalized spacial score (nSPS) is 8.70. The second-order valence-electron chi connectivity index (χ2n) is 1.84. The third kappa shape index (κ3) is 2.58. The summed E-state index contributed by atoms with van der Waals surface area (Å²) >= 11 is 7.13. The zero-order chi connectivity index (χ0) is 6.69. The Bertz CT molecular complexity index is 201. The van der Waals surface area contributed by atoms with E-state index >= 15 is 0 Å². The van der Waals surface area contributed by atoms with E-state index < -0.39 is 0 Å². The van der Waals surface area contributed by atoms with Crippen LogP contribution in [0.2, 0.25) is 5.02 Å². The van der Waals surface area contributed by atoms with Crippen LogP contribution >= 0.6 is 11.6 Å². The molecule has 0 aliphatic carbocycles. The maximum Gasteiger partial charge on any atom is -1.00 e. The zero-order valence-corrected chi connectivity index (χ0v) is 9.96. The first-order valence-electron chi connectivity index (χ1n) is 2.87. The van der Waals surface area contributed by atoms with Crippen molar-refractivity contribution in [2.75, 3.05) is 0 Å². The van der Waals surface area contributed by atoms with E-state index in [1.54, 1.807) is 0 Å². The summed E-state index contributed by atoms with van der Waals surface area (Å²) in [5.41, 5.74) is 1.28. The number of benzene rings is 1. The van der Waals surface area contributed by atoms with Crippen LogP contribution < -0.4 is 12.4 Å². The molecule has 0 N–H and O–H groups in total. The minimum atomic E-state index is 0. The van der Waals surface area contributed by atoms with Gasteiger partial charge in [0.1, 0.15) is 0 Å². The predicted molar refractivity (Wildman–Crippen MR) is 35.2 cm³/mol. The van der Waals surface area contributed by atoms with E-state index in [9.17, 15) is 0 Å². The van der Waals surface area contributed by atoms with Gasteiger partial charge in [0, 0.05) is 0 Å². The standard InChI is InChI=1S/C7H6Cl.ClH.Zn/c1-6-4-2-3-5-7(6)8;;/h2-5H,1H2;1H;/q;;+1/p-1. The molecule has 0 spiro atoms. The van der Waals surface area contributed by atoms with E-state index in [-0.39, 0.29) is 12.4 Å². The fourth-order valence-corrected chi connectivity index (χ4v) is 2.18. The Hall–Kier alpha value is 0.423. The molecule has 0 bridgehead atoms. The molecule has 1 aromatic carbocycles. The summed E-state index contributed by atoms with van der Waals surface area (Å²) in [6, 6.07) is 8.00. The molecule has 0 radical (unpaired) electrons. The summed E-state index contributed by atoms with van der Waals surface area (Å²) in [6.45, 7) is 0. The van der Waals surface area contributed by atoms with E-state index in [4.69, 9.17) is 11.6 Å². The first-order chi connectivity index (χ1) is 4.34. The monoisotopic (exact) mass is 224 g/mol. The molecular weight excluding hydrogens is 220 g/mol. The molecule has 0 nitrogen and oxygen atoms in total. The van der Waals surface area contributed by atoms with Crippen LogP contribution in [0.15, 0.2) is 24.3 Å². The van der Waals surface area contributed by atoms with Crippen LogP contribution in [0, 0.1) is 0 Å². The van der Waals surface area contributed by atoms with Crippen LogP contribution in [0.1, 0.15) is 5.56 Å². The minimum absolute atomic E-state index is 0. The number of rotatable bonds is 1. The summed E-state index contributed by atoms with van der Waals surface area (Å²) in [7, 11) is 0. The van der Waals surface area contributed by atoms with Crippen molar-refractivity contribution in [3.05, 3.63) is 34.9 Å². The van der Waals surface area contributed by atoms with Crippen LogP contribution in [0.3, 0.4) is 0 Å². The Morgan fingerprint density at radius 2 is 1.90 bits per heavy atom. The van der Waals surface area contributed by atoms with Crippen molar-refractivity contribution in [2.24, 2.45) is 0 Å². The maximum absolute atomic E-state index is 5.84. The fraction of sp³-hybridized carbons (Fsp3) is 0.143. The van der Waals surface area contributed by atoms with E-state index in [0.717, 1.165) is 10.0 Å². The average molecular weight is 226 g/mol. The van der Waals surface area contributed by atoms with Crippen molar-refractivity contribution in [3.8, 4) is 0 Å². The van der Waals surface area contributed by atoms with Crippen LogP contribution in [0.5, 0.6) is 0 Å².